The van der Waals surface area contributed by atoms with Gasteiger partial charge in [0.25, 0.3) is 0 Å². The number of fused-ring (bicyclic) bond motifs is 3. The molecule has 0 bridgehead atoms. The summed E-state index contributed by atoms with van der Waals surface area (Å²) in [5, 5.41) is 7.07. The molecule has 0 atom stereocenters. The molecule has 55 heavy (non-hydrogen) atoms. The van der Waals surface area contributed by atoms with Gasteiger partial charge < -0.3 is 9.47 Å². The SMILES string of the molecule is C=CC(=O)OCCCCC1(CCCCOC(=O)C=C)c2cc(-c3ccc4ccc5cc(C(C)(C)C)cc6ccc3c4c56)ccc2-c2ccc(C(F)(F)F)cc21. The normalized spacial score (nSPS) is 13.6. The van der Waals surface area contributed by atoms with Crippen LogP contribution in [0.1, 0.15) is 81.5 Å². The predicted octanol–water partition coefficient (Wildman–Crippen LogP) is 12.6. The molecule has 0 amide bonds. The summed E-state index contributed by atoms with van der Waals surface area (Å²) in [6.07, 6.45) is 1.05. The molecule has 0 fully saturated rings. The molecule has 7 heteroatoms. The molecule has 0 unspecified atom stereocenters. The van der Waals surface area contributed by atoms with Crippen LogP contribution >= 0.6 is 0 Å². The maximum absolute atomic E-state index is 14.3. The number of carbonyl (C=O) groups excluding carboxylic acids is 2. The molecule has 0 saturated carbocycles. The number of unbranched alkanes of at least 4 members (excludes halogenated alkanes) is 2. The molecule has 0 N–H and O–H groups in total. The third-order valence-electron chi connectivity index (χ3n) is 11.3. The first-order valence-corrected chi connectivity index (χ1v) is 18.9. The zero-order valence-electron chi connectivity index (χ0n) is 31.6. The molecule has 1 aliphatic rings. The Morgan fingerprint density at radius 2 is 1.15 bits per heavy atom. The topological polar surface area (TPSA) is 52.6 Å². The molecule has 0 saturated heterocycles. The summed E-state index contributed by atoms with van der Waals surface area (Å²) in [5.74, 6) is -1.02. The van der Waals surface area contributed by atoms with Crippen molar-refractivity contribution in [1.82, 2.24) is 0 Å². The van der Waals surface area contributed by atoms with Gasteiger partial charge in [0, 0.05) is 17.6 Å². The Balaban J connectivity index is 1.36. The lowest BCUT2D eigenvalue weighted by Crippen LogP contribution is -2.26. The van der Waals surface area contributed by atoms with Gasteiger partial charge in [-0.15, -0.1) is 0 Å². The summed E-state index contributed by atoms with van der Waals surface area (Å²) < 4.78 is 53.5. The summed E-state index contributed by atoms with van der Waals surface area (Å²) in [7, 11) is 0. The second kappa shape index (κ2) is 14.7. The van der Waals surface area contributed by atoms with Crippen LogP contribution in [0.2, 0.25) is 0 Å². The van der Waals surface area contributed by atoms with Crippen LogP contribution in [-0.2, 0) is 36.1 Å². The van der Waals surface area contributed by atoms with E-state index in [1.165, 1.54) is 39.2 Å². The van der Waals surface area contributed by atoms with E-state index in [0.29, 0.717) is 44.1 Å². The quantitative estimate of drug-likeness (QED) is 0.0512. The summed E-state index contributed by atoms with van der Waals surface area (Å²) in [5.41, 5.74) is 5.17. The van der Waals surface area contributed by atoms with Gasteiger partial charge in [0.1, 0.15) is 0 Å². The molecule has 0 aliphatic heterocycles. The standard InChI is InChI=1S/C48H45F3O4/c1-6-42(52)54-24-10-8-22-47(23-9-11-25-55-43(53)7-2)40-28-31(15-19-37(40)38-21-17-34(29-41(38)47)48(49,50)51)36-18-14-30-12-13-32-26-35(46(3,4)5)27-33-16-20-39(36)45(30)44(32)33/h6-7,12-21,26-29H,1-2,8-11,22-25H2,3-5H3. The highest BCUT2D eigenvalue weighted by atomic mass is 19.4. The van der Waals surface area contributed by atoms with Gasteiger partial charge in [-0.3, -0.25) is 0 Å². The number of benzene rings is 6. The fraction of sp³-hybridized carbons (Fsp3) is 0.292. The van der Waals surface area contributed by atoms with Crippen molar-refractivity contribution in [3.63, 3.8) is 0 Å². The fourth-order valence-corrected chi connectivity index (χ4v) is 8.53. The maximum Gasteiger partial charge on any atom is 0.416 e. The Hall–Kier alpha value is -5.43. The number of esters is 2. The number of hydrogen-bond donors (Lipinski definition) is 0. The highest BCUT2D eigenvalue weighted by Crippen LogP contribution is 2.56. The number of rotatable bonds is 13. The monoisotopic (exact) mass is 742 g/mol. The molecular formula is C48H45F3O4. The molecule has 4 nitrogen and oxygen atoms in total. The minimum absolute atomic E-state index is 0.00293. The van der Waals surface area contributed by atoms with Crippen LogP contribution in [0.5, 0.6) is 0 Å². The molecule has 1 aliphatic carbocycles. The Labute approximate surface area is 320 Å². The summed E-state index contributed by atoms with van der Waals surface area (Å²) in [6.45, 7) is 14.0. The summed E-state index contributed by atoms with van der Waals surface area (Å²) in [4.78, 5) is 23.5. The summed E-state index contributed by atoms with van der Waals surface area (Å²) in [6, 6.07) is 28.1. The first-order chi connectivity index (χ1) is 26.2. The second-order valence-corrected chi connectivity index (χ2v) is 15.7. The van der Waals surface area contributed by atoms with Crippen LogP contribution in [0.4, 0.5) is 13.2 Å². The lowest BCUT2D eigenvalue weighted by Gasteiger charge is -2.33. The lowest BCUT2D eigenvalue weighted by atomic mass is 9.70. The Morgan fingerprint density at radius 1 is 0.618 bits per heavy atom. The fourth-order valence-electron chi connectivity index (χ4n) is 8.53. The van der Waals surface area contributed by atoms with Crippen molar-refractivity contribution in [1.29, 1.82) is 0 Å². The van der Waals surface area contributed by atoms with E-state index in [1.807, 2.05) is 0 Å². The molecule has 0 aromatic heterocycles. The van der Waals surface area contributed by atoms with E-state index >= 15 is 0 Å². The van der Waals surface area contributed by atoms with E-state index < -0.39 is 29.1 Å². The smallest absolute Gasteiger partial charge is 0.416 e. The van der Waals surface area contributed by atoms with E-state index in [9.17, 15) is 22.8 Å². The number of alkyl halides is 3. The zero-order valence-corrected chi connectivity index (χ0v) is 31.6. The van der Waals surface area contributed by atoms with E-state index in [-0.39, 0.29) is 18.6 Å². The highest BCUT2D eigenvalue weighted by Gasteiger charge is 2.44. The van der Waals surface area contributed by atoms with Crippen molar-refractivity contribution in [3.05, 3.63) is 132 Å². The largest absolute Gasteiger partial charge is 0.463 e. The Bertz CT molecular complexity index is 2400. The van der Waals surface area contributed by atoms with Crippen molar-refractivity contribution >= 4 is 44.3 Å². The van der Waals surface area contributed by atoms with Gasteiger partial charge in [0.05, 0.1) is 18.8 Å². The van der Waals surface area contributed by atoms with Crippen molar-refractivity contribution < 1.29 is 32.2 Å². The number of carbonyl (C=O) groups is 2. The van der Waals surface area contributed by atoms with Gasteiger partial charge in [-0.2, -0.15) is 13.2 Å². The third kappa shape index (κ3) is 7.13. The number of hydrogen-bond acceptors (Lipinski definition) is 4. The zero-order chi connectivity index (χ0) is 39.1. The van der Waals surface area contributed by atoms with Gasteiger partial charge in [-0.25, -0.2) is 9.59 Å². The first kappa shape index (κ1) is 37.9. The third-order valence-corrected chi connectivity index (χ3v) is 11.3. The van der Waals surface area contributed by atoms with Crippen LogP contribution < -0.4 is 0 Å². The van der Waals surface area contributed by atoms with E-state index in [4.69, 9.17) is 9.47 Å². The van der Waals surface area contributed by atoms with Crippen LogP contribution in [0.25, 0.3) is 54.6 Å². The number of halogens is 3. The van der Waals surface area contributed by atoms with Gasteiger partial charge in [0.15, 0.2) is 0 Å². The van der Waals surface area contributed by atoms with Crippen molar-refractivity contribution in [3.8, 4) is 22.3 Å². The predicted molar refractivity (Wildman–Crippen MR) is 216 cm³/mol. The lowest BCUT2D eigenvalue weighted by molar-refractivity contribution is -0.138. The second-order valence-electron chi connectivity index (χ2n) is 15.7. The molecule has 0 heterocycles. The minimum Gasteiger partial charge on any atom is -0.463 e. The highest BCUT2D eigenvalue weighted by molar-refractivity contribution is 6.25. The van der Waals surface area contributed by atoms with Crippen molar-refractivity contribution in [2.75, 3.05) is 13.2 Å². The Kier molecular flexibility index (Phi) is 10.1. The minimum atomic E-state index is -4.52. The molecular weight excluding hydrogens is 698 g/mol. The van der Waals surface area contributed by atoms with Crippen molar-refractivity contribution in [2.24, 2.45) is 0 Å². The number of ether oxygens (including phenoxy) is 2. The average Bonchev–Trinajstić information content (AvgIpc) is 3.43. The van der Waals surface area contributed by atoms with Crippen LogP contribution in [0.15, 0.2) is 110 Å². The maximum atomic E-state index is 14.3. The van der Waals surface area contributed by atoms with Gasteiger partial charge in [0.2, 0.25) is 0 Å². The van der Waals surface area contributed by atoms with Crippen LogP contribution in [-0.4, -0.2) is 25.2 Å². The molecule has 0 spiro atoms. The molecule has 7 rings (SSSR count). The molecule has 6 aromatic rings. The molecule has 6 aromatic carbocycles. The average molecular weight is 743 g/mol. The first-order valence-electron chi connectivity index (χ1n) is 18.9. The molecule has 0 radical (unpaired) electrons. The van der Waals surface area contributed by atoms with Gasteiger partial charge >= 0.3 is 18.1 Å². The van der Waals surface area contributed by atoms with E-state index in [0.717, 1.165) is 50.7 Å². The molecule has 282 valence electrons. The Morgan fingerprint density at radius 3 is 1.73 bits per heavy atom. The van der Waals surface area contributed by atoms with E-state index in [1.54, 1.807) is 6.07 Å². The summed E-state index contributed by atoms with van der Waals surface area (Å²) >= 11 is 0. The van der Waals surface area contributed by atoms with Crippen LogP contribution in [0, 0.1) is 0 Å². The van der Waals surface area contributed by atoms with Crippen molar-refractivity contribution in [2.45, 2.75) is 76.3 Å². The van der Waals surface area contributed by atoms with E-state index in [2.05, 4.69) is 101 Å². The van der Waals surface area contributed by atoms with Crippen LogP contribution in [0.3, 0.4) is 0 Å². The van der Waals surface area contributed by atoms with Gasteiger partial charge in [-0.05, 0) is 133 Å². The van der Waals surface area contributed by atoms with Gasteiger partial charge in [-0.1, -0.05) is 101 Å².